The molecule has 2 aromatic rings. The standard InChI is InChI=1S/C11H16N6O/c1-7-9-10(16(2)5-4-8(12)18)13-6-14-11(9)17(3)15-7/h6H,4-5H2,1-3H3,(H2,12,18). The molecule has 18 heavy (non-hydrogen) atoms. The van der Waals surface area contributed by atoms with Crippen LogP contribution < -0.4 is 10.6 Å². The zero-order chi connectivity index (χ0) is 13.3. The number of carbonyl (C=O) groups is 1. The van der Waals surface area contributed by atoms with E-state index in [1.807, 2.05) is 25.9 Å². The minimum absolute atomic E-state index is 0.293. The molecule has 2 rings (SSSR count). The molecule has 7 heteroatoms. The van der Waals surface area contributed by atoms with Crippen molar-refractivity contribution in [2.45, 2.75) is 13.3 Å². The third-order valence-corrected chi connectivity index (χ3v) is 2.83. The Labute approximate surface area is 105 Å². The van der Waals surface area contributed by atoms with Gasteiger partial charge in [-0.1, -0.05) is 0 Å². The lowest BCUT2D eigenvalue weighted by atomic mass is 10.2. The molecule has 0 aliphatic carbocycles. The quantitative estimate of drug-likeness (QED) is 0.821. The van der Waals surface area contributed by atoms with Gasteiger partial charge in [0.25, 0.3) is 0 Å². The van der Waals surface area contributed by atoms with Crippen molar-refractivity contribution in [3.63, 3.8) is 0 Å². The zero-order valence-electron chi connectivity index (χ0n) is 10.7. The molecule has 2 aromatic heterocycles. The number of hydrogen-bond donors (Lipinski definition) is 1. The van der Waals surface area contributed by atoms with E-state index in [2.05, 4.69) is 15.1 Å². The Kier molecular flexibility index (Phi) is 3.14. The van der Waals surface area contributed by atoms with E-state index in [1.54, 1.807) is 4.68 Å². The Bertz CT molecular complexity index is 590. The first-order valence-electron chi connectivity index (χ1n) is 5.64. The summed E-state index contributed by atoms with van der Waals surface area (Å²) in [6.07, 6.45) is 1.79. The molecule has 2 N–H and O–H groups in total. The average molecular weight is 248 g/mol. The van der Waals surface area contributed by atoms with Gasteiger partial charge in [0.15, 0.2) is 5.65 Å². The fraction of sp³-hybridized carbons (Fsp3) is 0.455. The molecule has 0 atom stereocenters. The first-order chi connectivity index (χ1) is 8.50. The lowest BCUT2D eigenvalue weighted by Gasteiger charge is -2.17. The highest BCUT2D eigenvalue weighted by molar-refractivity contribution is 5.89. The number of aryl methyl sites for hydroxylation is 2. The molecule has 0 aliphatic rings. The summed E-state index contributed by atoms with van der Waals surface area (Å²) in [5, 5.41) is 5.23. The molecule has 0 saturated carbocycles. The average Bonchev–Trinajstić information content (AvgIpc) is 2.62. The van der Waals surface area contributed by atoms with Crippen molar-refractivity contribution < 1.29 is 4.79 Å². The molecule has 0 radical (unpaired) electrons. The van der Waals surface area contributed by atoms with Gasteiger partial charge in [-0.2, -0.15) is 5.10 Å². The minimum atomic E-state index is -0.324. The molecule has 0 fully saturated rings. The fourth-order valence-corrected chi connectivity index (χ4v) is 1.93. The van der Waals surface area contributed by atoms with Gasteiger partial charge in [0, 0.05) is 27.1 Å². The van der Waals surface area contributed by atoms with Gasteiger partial charge in [-0.15, -0.1) is 0 Å². The summed E-state index contributed by atoms with van der Waals surface area (Å²) in [4.78, 5) is 21.2. The van der Waals surface area contributed by atoms with Crippen LogP contribution in [0.3, 0.4) is 0 Å². The molecule has 0 unspecified atom stereocenters. The first-order valence-corrected chi connectivity index (χ1v) is 5.64. The smallest absolute Gasteiger partial charge is 0.219 e. The number of aromatic nitrogens is 4. The molecule has 0 aromatic carbocycles. The van der Waals surface area contributed by atoms with Gasteiger partial charge in [0.2, 0.25) is 5.91 Å². The van der Waals surface area contributed by atoms with Gasteiger partial charge in [0.05, 0.1) is 11.1 Å². The van der Waals surface area contributed by atoms with Crippen LogP contribution in [0.5, 0.6) is 0 Å². The van der Waals surface area contributed by atoms with Crippen LogP contribution >= 0.6 is 0 Å². The second kappa shape index (κ2) is 4.59. The van der Waals surface area contributed by atoms with Gasteiger partial charge in [-0.3, -0.25) is 9.48 Å². The second-order valence-electron chi connectivity index (χ2n) is 4.24. The van der Waals surface area contributed by atoms with Crippen molar-refractivity contribution in [1.82, 2.24) is 19.7 Å². The normalized spacial score (nSPS) is 10.8. The first kappa shape index (κ1) is 12.3. The zero-order valence-corrected chi connectivity index (χ0v) is 10.7. The van der Waals surface area contributed by atoms with E-state index in [1.165, 1.54) is 6.33 Å². The summed E-state index contributed by atoms with van der Waals surface area (Å²) in [5.74, 6) is 0.446. The maximum absolute atomic E-state index is 10.8. The van der Waals surface area contributed by atoms with Crippen molar-refractivity contribution in [3.05, 3.63) is 12.0 Å². The molecular weight excluding hydrogens is 232 g/mol. The number of hydrogen-bond acceptors (Lipinski definition) is 5. The number of fused-ring (bicyclic) bond motifs is 1. The van der Waals surface area contributed by atoms with Crippen molar-refractivity contribution in [2.24, 2.45) is 12.8 Å². The van der Waals surface area contributed by atoms with Crippen LogP contribution in [-0.4, -0.2) is 39.2 Å². The van der Waals surface area contributed by atoms with Crippen LogP contribution in [0, 0.1) is 6.92 Å². The number of nitrogens with zero attached hydrogens (tertiary/aromatic N) is 5. The van der Waals surface area contributed by atoms with Crippen LogP contribution in [0.4, 0.5) is 5.82 Å². The lowest BCUT2D eigenvalue weighted by Crippen LogP contribution is -2.25. The number of primary amides is 1. The molecule has 0 spiro atoms. The van der Waals surface area contributed by atoms with Crippen LogP contribution in [-0.2, 0) is 11.8 Å². The van der Waals surface area contributed by atoms with Crippen molar-refractivity contribution >= 4 is 22.8 Å². The lowest BCUT2D eigenvalue weighted by molar-refractivity contribution is -0.117. The third kappa shape index (κ3) is 2.11. The predicted molar refractivity (Wildman–Crippen MR) is 68.1 cm³/mol. The summed E-state index contributed by atoms with van der Waals surface area (Å²) in [7, 11) is 3.71. The van der Waals surface area contributed by atoms with Crippen LogP contribution in [0.2, 0.25) is 0 Å². The summed E-state index contributed by atoms with van der Waals surface area (Å²) < 4.78 is 1.72. The van der Waals surface area contributed by atoms with Crippen LogP contribution in [0.15, 0.2) is 6.33 Å². The number of rotatable bonds is 4. The van der Waals surface area contributed by atoms with E-state index in [9.17, 15) is 4.79 Å². The highest BCUT2D eigenvalue weighted by Gasteiger charge is 2.15. The van der Waals surface area contributed by atoms with Gasteiger partial charge < -0.3 is 10.6 Å². The van der Waals surface area contributed by atoms with E-state index in [-0.39, 0.29) is 5.91 Å². The van der Waals surface area contributed by atoms with Gasteiger partial charge >= 0.3 is 0 Å². The molecular formula is C11H16N6O. The van der Waals surface area contributed by atoms with Crippen LogP contribution in [0.25, 0.3) is 11.0 Å². The maximum Gasteiger partial charge on any atom is 0.219 e. The third-order valence-electron chi connectivity index (χ3n) is 2.83. The van der Waals surface area contributed by atoms with E-state index in [0.717, 1.165) is 22.5 Å². The fourth-order valence-electron chi connectivity index (χ4n) is 1.93. The van der Waals surface area contributed by atoms with E-state index >= 15 is 0 Å². The molecule has 1 amide bonds. The highest BCUT2D eigenvalue weighted by atomic mass is 16.1. The van der Waals surface area contributed by atoms with Gasteiger partial charge in [-0.05, 0) is 6.92 Å². The molecule has 0 aliphatic heterocycles. The number of nitrogens with two attached hydrogens (primary N) is 1. The second-order valence-corrected chi connectivity index (χ2v) is 4.24. The molecule has 96 valence electrons. The summed E-state index contributed by atoms with van der Waals surface area (Å²) in [6.45, 7) is 2.44. The van der Waals surface area contributed by atoms with Gasteiger partial charge in [-0.25, -0.2) is 9.97 Å². The van der Waals surface area contributed by atoms with Crippen molar-refractivity contribution in [1.29, 1.82) is 0 Å². The number of amides is 1. The Morgan fingerprint density at radius 2 is 2.22 bits per heavy atom. The topological polar surface area (TPSA) is 89.9 Å². The highest BCUT2D eigenvalue weighted by Crippen LogP contribution is 2.24. The van der Waals surface area contributed by atoms with Crippen LogP contribution in [0.1, 0.15) is 12.1 Å². The summed E-state index contributed by atoms with van der Waals surface area (Å²) in [5.41, 5.74) is 6.80. The summed E-state index contributed by atoms with van der Waals surface area (Å²) in [6, 6.07) is 0. The van der Waals surface area contributed by atoms with E-state index in [4.69, 9.17) is 5.73 Å². The monoisotopic (exact) mass is 248 g/mol. The number of anilines is 1. The van der Waals surface area contributed by atoms with E-state index < -0.39 is 0 Å². The van der Waals surface area contributed by atoms with Gasteiger partial charge in [0.1, 0.15) is 12.1 Å². The SMILES string of the molecule is Cc1nn(C)c2ncnc(N(C)CCC(N)=O)c12. The largest absolute Gasteiger partial charge is 0.370 e. The Balaban J connectivity index is 2.41. The van der Waals surface area contributed by atoms with E-state index in [0.29, 0.717) is 13.0 Å². The molecule has 0 saturated heterocycles. The molecule has 7 nitrogen and oxygen atoms in total. The maximum atomic E-state index is 10.8. The van der Waals surface area contributed by atoms with Crippen molar-refractivity contribution in [3.8, 4) is 0 Å². The Morgan fingerprint density at radius 3 is 2.89 bits per heavy atom. The molecule has 0 bridgehead atoms. The minimum Gasteiger partial charge on any atom is -0.370 e. The predicted octanol–water partition coefficient (Wildman–Crippen LogP) is -0.0167. The molecule has 2 heterocycles. The summed E-state index contributed by atoms with van der Waals surface area (Å²) >= 11 is 0. The van der Waals surface area contributed by atoms with Crippen molar-refractivity contribution in [2.75, 3.05) is 18.5 Å². The Morgan fingerprint density at radius 1 is 1.50 bits per heavy atom. The number of carbonyl (C=O) groups excluding carboxylic acids is 1. The Hall–Kier alpha value is -2.18.